The number of carbonyl (C=O) groups is 2. The van der Waals surface area contributed by atoms with Crippen LogP contribution in [0.3, 0.4) is 0 Å². The standard InChI is InChI=1S/C16H23N3O5/c1-16(2,3)24-15(22)19-8-6-18(7-9-19)13-10-12(4-5-17-13)23-11-14(20)21/h4-5,10H,6-9,11H2,1-3H3,(H,20,21). The van der Waals surface area contributed by atoms with Crippen molar-refractivity contribution < 1.29 is 24.2 Å². The maximum atomic E-state index is 12.1. The van der Waals surface area contributed by atoms with Crippen molar-refractivity contribution in [3.63, 3.8) is 0 Å². The molecule has 24 heavy (non-hydrogen) atoms. The molecule has 1 amide bonds. The molecule has 2 heterocycles. The topological polar surface area (TPSA) is 92.2 Å². The Kier molecular flexibility index (Phi) is 5.48. The summed E-state index contributed by atoms with van der Waals surface area (Å²) in [5, 5.41) is 8.65. The Morgan fingerprint density at radius 1 is 1.25 bits per heavy atom. The van der Waals surface area contributed by atoms with Gasteiger partial charge in [0.15, 0.2) is 6.61 Å². The van der Waals surface area contributed by atoms with E-state index in [-0.39, 0.29) is 6.09 Å². The van der Waals surface area contributed by atoms with Crippen molar-refractivity contribution in [1.29, 1.82) is 0 Å². The average Bonchev–Trinajstić information content (AvgIpc) is 2.52. The minimum atomic E-state index is -1.03. The first-order chi connectivity index (χ1) is 11.2. The van der Waals surface area contributed by atoms with Crippen molar-refractivity contribution in [2.45, 2.75) is 26.4 Å². The monoisotopic (exact) mass is 337 g/mol. The van der Waals surface area contributed by atoms with Gasteiger partial charge in [0.1, 0.15) is 17.2 Å². The zero-order valence-corrected chi connectivity index (χ0v) is 14.2. The van der Waals surface area contributed by atoms with Crippen molar-refractivity contribution in [1.82, 2.24) is 9.88 Å². The third-order valence-electron chi connectivity index (χ3n) is 3.33. The van der Waals surface area contributed by atoms with Crippen molar-refractivity contribution in [2.75, 3.05) is 37.7 Å². The number of rotatable bonds is 4. The van der Waals surface area contributed by atoms with Gasteiger partial charge in [-0.25, -0.2) is 14.6 Å². The van der Waals surface area contributed by atoms with Gasteiger partial charge in [0, 0.05) is 38.4 Å². The number of anilines is 1. The van der Waals surface area contributed by atoms with E-state index >= 15 is 0 Å². The number of carbonyl (C=O) groups excluding carboxylic acids is 1. The van der Waals surface area contributed by atoms with E-state index in [1.54, 1.807) is 23.2 Å². The lowest BCUT2D eigenvalue weighted by molar-refractivity contribution is -0.139. The SMILES string of the molecule is CC(C)(C)OC(=O)N1CCN(c2cc(OCC(=O)O)ccn2)CC1. The highest BCUT2D eigenvalue weighted by Crippen LogP contribution is 2.20. The number of pyridine rings is 1. The first kappa shape index (κ1) is 17.8. The number of carboxylic acid groups (broad SMARTS) is 1. The molecule has 132 valence electrons. The first-order valence-corrected chi connectivity index (χ1v) is 7.78. The lowest BCUT2D eigenvalue weighted by Gasteiger charge is -2.36. The van der Waals surface area contributed by atoms with Crippen molar-refractivity contribution in [2.24, 2.45) is 0 Å². The summed E-state index contributed by atoms with van der Waals surface area (Å²) >= 11 is 0. The van der Waals surface area contributed by atoms with E-state index < -0.39 is 18.2 Å². The molecule has 0 saturated carbocycles. The maximum absolute atomic E-state index is 12.1. The molecule has 0 spiro atoms. The molecule has 0 radical (unpaired) electrons. The van der Waals surface area contributed by atoms with E-state index in [1.807, 2.05) is 25.7 Å². The van der Waals surface area contributed by atoms with E-state index in [2.05, 4.69) is 4.98 Å². The summed E-state index contributed by atoms with van der Waals surface area (Å²) < 4.78 is 10.5. The Morgan fingerprint density at radius 2 is 1.92 bits per heavy atom. The van der Waals surface area contributed by atoms with E-state index in [9.17, 15) is 9.59 Å². The predicted molar refractivity (Wildman–Crippen MR) is 87.4 cm³/mol. The number of hydrogen-bond acceptors (Lipinski definition) is 6. The molecule has 8 nitrogen and oxygen atoms in total. The summed E-state index contributed by atoms with van der Waals surface area (Å²) in [6.45, 7) is 7.45. The van der Waals surface area contributed by atoms with Gasteiger partial charge in [0.25, 0.3) is 0 Å². The molecule has 1 aromatic rings. The Bertz CT molecular complexity index is 592. The van der Waals surface area contributed by atoms with Crippen LogP contribution in [0.4, 0.5) is 10.6 Å². The van der Waals surface area contributed by atoms with Gasteiger partial charge in [-0.3, -0.25) is 0 Å². The van der Waals surface area contributed by atoms with Gasteiger partial charge >= 0.3 is 12.1 Å². The van der Waals surface area contributed by atoms with Crippen molar-refractivity contribution in [3.05, 3.63) is 18.3 Å². The van der Waals surface area contributed by atoms with Crippen LogP contribution in [0.1, 0.15) is 20.8 Å². The fraction of sp³-hybridized carbons (Fsp3) is 0.562. The van der Waals surface area contributed by atoms with Crippen LogP contribution in [-0.4, -0.2) is 65.4 Å². The van der Waals surface area contributed by atoms with Crippen LogP contribution in [0.15, 0.2) is 18.3 Å². The van der Waals surface area contributed by atoms with E-state index in [0.717, 1.165) is 0 Å². The van der Waals surface area contributed by atoms with Crippen LogP contribution in [0.25, 0.3) is 0 Å². The third kappa shape index (κ3) is 5.29. The van der Waals surface area contributed by atoms with Crippen LogP contribution >= 0.6 is 0 Å². The molecule has 1 aliphatic rings. The molecular weight excluding hydrogens is 314 g/mol. The summed E-state index contributed by atoms with van der Waals surface area (Å²) in [6.07, 6.45) is 1.26. The Balaban J connectivity index is 1.91. The van der Waals surface area contributed by atoms with Crippen LogP contribution in [0.5, 0.6) is 5.75 Å². The van der Waals surface area contributed by atoms with E-state index in [4.69, 9.17) is 14.6 Å². The highest BCUT2D eigenvalue weighted by Gasteiger charge is 2.26. The Morgan fingerprint density at radius 3 is 2.50 bits per heavy atom. The number of amides is 1. The van der Waals surface area contributed by atoms with Crippen molar-refractivity contribution >= 4 is 17.9 Å². The molecule has 1 N–H and O–H groups in total. The summed E-state index contributed by atoms with van der Waals surface area (Å²) in [5.74, 6) is 0.123. The molecule has 0 aromatic carbocycles. The molecule has 0 bridgehead atoms. The number of aromatic nitrogens is 1. The van der Waals surface area contributed by atoms with Crippen LogP contribution < -0.4 is 9.64 Å². The van der Waals surface area contributed by atoms with Gasteiger partial charge in [-0.1, -0.05) is 0 Å². The predicted octanol–water partition coefficient (Wildman–Crippen LogP) is 1.60. The minimum absolute atomic E-state index is 0.311. The fourth-order valence-corrected chi connectivity index (χ4v) is 2.25. The minimum Gasteiger partial charge on any atom is -0.482 e. The van der Waals surface area contributed by atoms with Crippen LogP contribution in [0, 0.1) is 0 Å². The van der Waals surface area contributed by atoms with Gasteiger partial charge in [0.2, 0.25) is 0 Å². The lowest BCUT2D eigenvalue weighted by Crippen LogP contribution is -2.50. The highest BCUT2D eigenvalue weighted by atomic mass is 16.6. The van der Waals surface area contributed by atoms with E-state index in [0.29, 0.717) is 37.7 Å². The zero-order chi connectivity index (χ0) is 17.7. The zero-order valence-electron chi connectivity index (χ0n) is 14.2. The molecule has 8 heteroatoms. The van der Waals surface area contributed by atoms with Gasteiger partial charge < -0.3 is 24.4 Å². The Labute approximate surface area is 141 Å². The van der Waals surface area contributed by atoms with Gasteiger partial charge in [-0.15, -0.1) is 0 Å². The molecule has 2 rings (SSSR count). The molecule has 1 saturated heterocycles. The second kappa shape index (κ2) is 7.37. The molecule has 0 atom stereocenters. The average molecular weight is 337 g/mol. The molecule has 1 aromatic heterocycles. The smallest absolute Gasteiger partial charge is 0.410 e. The lowest BCUT2D eigenvalue weighted by atomic mass is 10.2. The Hall–Kier alpha value is -2.51. The number of nitrogens with zero attached hydrogens (tertiary/aromatic N) is 3. The first-order valence-electron chi connectivity index (χ1n) is 7.78. The number of hydrogen-bond donors (Lipinski definition) is 1. The normalized spacial score (nSPS) is 15.1. The number of carboxylic acids is 1. The van der Waals surface area contributed by atoms with Gasteiger partial charge in [-0.2, -0.15) is 0 Å². The largest absolute Gasteiger partial charge is 0.482 e. The highest BCUT2D eigenvalue weighted by molar-refractivity contribution is 5.69. The molecular formula is C16H23N3O5. The molecule has 0 unspecified atom stereocenters. The van der Waals surface area contributed by atoms with Crippen LogP contribution in [0.2, 0.25) is 0 Å². The van der Waals surface area contributed by atoms with Gasteiger partial charge in [-0.05, 0) is 26.8 Å². The quantitative estimate of drug-likeness (QED) is 0.892. The molecule has 1 fully saturated rings. The summed E-state index contributed by atoms with van der Waals surface area (Å²) in [4.78, 5) is 30.6. The fourth-order valence-electron chi connectivity index (χ4n) is 2.25. The van der Waals surface area contributed by atoms with E-state index in [1.165, 1.54) is 0 Å². The number of aliphatic carboxylic acids is 1. The van der Waals surface area contributed by atoms with Crippen molar-refractivity contribution in [3.8, 4) is 5.75 Å². The van der Waals surface area contributed by atoms with Crippen LogP contribution in [-0.2, 0) is 9.53 Å². The van der Waals surface area contributed by atoms with Gasteiger partial charge in [0.05, 0.1) is 0 Å². The number of piperazine rings is 1. The molecule has 1 aliphatic heterocycles. The second-order valence-electron chi connectivity index (χ2n) is 6.49. The number of ether oxygens (including phenoxy) is 2. The third-order valence-corrected chi connectivity index (χ3v) is 3.33. The second-order valence-corrected chi connectivity index (χ2v) is 6.49. The summed E-state index contributed by atoms with van der Waals surface area (Å²) in [5.41, 5.74) is -0.508. The molecule has 0 aliphatic carbocycles. The maximum Gasteiger partial charge on any atom is 0.410 e. The summed E-state index contributed by atoms with van der Waals surface area (Å²) in [6, 6.07) is 3.31. The summed E-state index contributed by atoms with van der Waals surface area (Å²) in [7, 11) is 0.